The molecule has 3 aromatic rings. The van der Waals surface area contributed by atoms with E-state index in [0.29, 0.717) is 18.0 Å². The second-order valence-electron chi connectivity index (χ2n) is 7.44. The monoisotopic (exact) mass is 452 g/mol. The van der Waals surface area contributed by atoms with Crippen LogP contribution in [0.15, 0.2) is 83.8 Å². The fraction of sp³-hybridized carbons (Fsp3) is 0.240. The Morgan fingerprint density at radius 2 is 1.59 bits per heavy atom. The summed E-state index contributed by atoms with van der Waals surface area (Å²) in [6.45, 7) is 4.60. The van der Waals surface area contributed by atoms with Crippen molar-refractivity contribution >= 4 is 21.6 Å². The molecule has 32 heavy (non-hydrogen) atoms. The fourth-order valence-corrected chi connectivity index (χ4v) is 4.53. The first-order valence-electron chi connectivity index (χ1n) is 10.5. The Bertz CT molecular complexity index is 1110. The molecule has 0 aliphatic rings. The molecule has 0 saturated carbocycles. The van der Waals surface area contributed by atoms with Gasteiger partial charge in [0.1, 0.15) is 5.75 Å². The van der Waals surface area contributed by atoms with Crippen LogP contribution in [-0.4, -0.2) is 27.5 Å². The lowest BCUT2D eigenvalue weighted by molar-refractivity contribution is -0.123. The number of aryl methyl sites for hydroxylation is 1. The highest BCUT2D eigenvalue weighted by atomic mass is 32.2. The van der Waals surface area contributed by atoms with E-state index in [1.54, 1.807) is 48.5 Å². The number of anilines is 1. The summed E-state index contributed by atoms with van der Waals surface area (Å²) in [5.41, 5.74) is 2.37. The van der Waals surface area contributed by atoms with Crippen LogP contribution in [0.2, 0.25) is 0 Å². The number of sulfonamides is 1. The highest BCUT2D eigenvalue weighted by Crippen LogP contribution is 2.28. The Morgan fingerprint density at radius 1 is 0.938 bits per heavy atom. The van der Waals surface area contributed by atoms with Gasteiger partial charge in [-0.05, 0) is 55.3 Å². The molecule has 0 heterocycles. The van der Waals surface area contributed by atoms with Crippen LogP contribution < -0.4 is 14.4 Å². The number of benzene rings is 3. The van der Waals surface area contributed by atoms with E-state index in [9.17, 15) is 13.2 Å². The lowest BCUT2D eigenvalue weighted by Crippen LogP contribution is -2.30. The lowest BCUT2D eigenvalue weighted by atomic mass is 10.2. The van der Waals surface area contributed by atoms with Crippen molar-refractivity contribution in [1.82, 2.24) is 5.32 Å². The Labute approximate surface area is 189 Å². The van der Waals surface area contributed by atoms with Crippen LogP contribution in [0.5, 0.6) is 5.75 Å². The number of carbonyl (C=O) groups excluding carboxylic acids is 1. The minimum absolute atomic E-state index is 0.0886. The van der Waals surface area contributed by atoms with E-state index in [1.165, 1.54) is 4.31 Å². The Kier molecular flexibility index (Phi) is 7.89. The zero-order chi connectivity index (χ0) is 23.0. The third-order valence-electron chi connectivity index (χ3n) is 4.84. The molecule has 0 unspecified atom stereocenters. The highest BCUT2D eigenvalue weighted by Gasteiger charge is 2.25. The summed E-state index contributed by atoms with van der Waals surface area (Å²) in [6.07, 6.45) is 0.854. The number of nitrogens with one attached hydrogen (secondary N) is 1. The van der Waals surface area contributed by atoms with Crippen LogP contribution in [0.3, 0.4) is 0 Å². The first-order valence-corrected chi connectivity index (χ1v) is 12.0. The third-order valence-corrected chi connectivity index (χ3v) is 6.63. The van der Waals surface area contributed by atoms with Crippen molar-refractivity contribution in [2.45, 2.75) is 31.7 Å². The average molecular weight is 453 g/mol. The van der Waals surface area contributed by atoms with Crippen molar-refractivity contribution in [3.63, 3.8) is 0 Å². The standard InChI is InChI=1S/C25H28N2O4S/c1-3-17-26-25(28)19-31-23-13-11-22(12-14-23)27(18-21-7-5-4-6-8-21)32(29,30)24-15-9-20(2)10-16-24/h4-16H,3,17-19H2,1-2H3,(H,26,28). The third kappa shape index (κ3) is 6.11. The lowest BCUT2D eigenvalue weighted by Gasteiger charge is -2.25. The van der Waals surface area contributed by atoms with Crippen molar-refractivity contribution in [2.75, 3.05) is 17.5 Å². The van der Waals surface area contributed by atoms with E-state index in [4.69, 9.17) is 4.74 Å². The van der Waals surface area contributed by atoms with Crippen LogP contribution in [0.4, 0.5) is 5.69 Å². The van der Waals surface area contributed by atoms with Crippen LogP contribution in [0.25, 0.3) is 0 Å². The molecule has 1 N–H and O–H groups in total. The molecule has 0 aliphatic carbocycles. The molecule has 0 atom stereocenters. The number of amides is 1. The van der Waals surface area contributed by atoms with Gasteiger partial charge >= 0.3 is 0 Å². The topological polar surface area (TPSA) is 75.7 Å². The van der Waals surface area contributed by atoms with Crippen molar-refractivity contribution in [3.8, 4) is 5.75 Å². The van der Waals surface area contributed by atoms with Gasteiger partial charge in [0, 0.05) is 6.54 Å². The Hall–Kier alpha value is -3.32. The molecule has 7 heteroatoms. The molecule has 3 aromatic carbocycles. The molecule has 0 bridgehead atoms. The molecule has 0 spiro atoms. The van der Waals surface area contributed by atoms with Crippen LogP contribution in [0, 0.1) is 6.92 Å². The summed E-state index contributed by atoms with van der Waals surface area (Å²) in [5, 5.41) is 2.75. The molecule has 6 nitrogen and oxygen atoms in total. The van der Waals surface area contributed by atoms with Crippen LogP contribution >= 0.6 is 0 Å². The summed E-state index contributed by atoms with van der Waals surface area (Å²) in [5.74, 6) is 0.302. The Balaban J connectivity index is 1.85. The minimum atomic E-state index is -3.79. The van der Waals surface area contributed by atoms with Crippen LogP contribution in [0.1, 0.15) is 24.5 Å². The van der Waals surface area contributed by atoms with Gasteiger partial charge in [-0.3, -0.25) is 9.10 Å². The number of hydrogen-bond donors (Lipinski definition) is 1. The summed E-state index contributed by atoms with van der Waals surface area (Å²) in [6, 6.07) is 23.0. The van der Waals surface area contributed by atoms with Crippen molar-refractivity contribution in [3.05, 3.63) is 90.0 Å². The second kappa shape index (κ2) is 10.8. The van der Waals surface area contributed by atoms with Crippen LogP contribution in [-0.2, 0) is 21.4 Å². The summed E-state index contributed by atoms with van der Waals surface area (Å²) < 4.78 is 33.9. The normalized spacial score (nSPS) is 11.1. The first-order chi connectivity index (χ1) is 15.4. The predicted molar refractivity (Wildman–Crippen MR) is 126 cm³/mol. The number of nitrogens with zero attached hydrogens (tertiary/aromatic N) is 1. The second-order valence-corrected chi connectivity index (χ2v) is 9.31. The average Bonchev–Trinajstić information content (AvgIpc) is 2.81. The van der Waals surface area contributed by atoms with Gasteiger partial charge < -0.3 is 10.1 Å². The predicted octanol–water partition coefficient (Wildman–Crippen LogP) is 4.30. The Morgan fingerprint density at radius 3 is 2.22 bits per heavy atom. The van der Waals surface area contributed by atoms with Gasteiger partial charge in [0.05, 0.1) is 17.1 Å². The van der Waals surface area contributed by atoms with Gasteiger partial charge in [-0.15, -0.1) is 0 Å². The zero-order valence-electron chi connectivity index (χ0n) is 18.3. The van der Waals surface area contributed by atoms with Gasteiger partial charge in [-0.1, -0.05) is 55.0 Å². The molecule has 168 valence electrons. The van der Waals surface area contributed by atoms with Gasteiger partial charge in [0.25, 0.3) is 15.9 Å². The fourth-order valence-electron chi connectivity index (χ4n) is 3.07. The van der Waals surface area contributed by atoms with E-state index in [-0.39, 0.29) is 24.0 Å². The number of ether oxygens (including phenoxy) is 1. The summed E-state index contributed by atoms with van der Waals surface area (Å²) >= 11 is 0. The highest BCUT2D eigenvalue weighted by molar-refractivity contribution is 7.92. The van der Waals surface area contributed by atoms with E-state index in [0.717, 1.165) is 17.5 Å². The molecule has 0 saturated heterocycles. The maximum absolute atomic E-state index is 13.5. The SMILES string of the molecule is CCCNC(=O)COc1ccc(N(Cc2ccccc2)S(=O)(=O)c2ccc(C)cc2)cc1. The van der Waals surface area contributed by atoms with E-state index >= 15 is 0 Å². The van der Waals surface area contributed by atoms with E-state index in [2.05, 4.69) is 5.32 Å². The summed E-state index contributed by atoms with van der Waals surface area (Å²) in [7, 11) is -3.79. The van der Waals surface area contributed by atoms with Gasteiger partial charge in [-0.2, -0.15) is 0 Å². The summed E-state index contributed by atoms with van der Waals surface area (Å²) in [4.78, 5) is 12.0. The maximum Gasteiger partial charge on any atom is 0.264 e. The van der Waals surface area contributed by atoms with Crippen molar-refractivity contribution in [2.24, 2.45) is 0 Å². The first kappa shape index (κ1) is 23.3. The quantitative estimate of drug-likeness (QED) is 0.498. The number of hydrogen-bond acceptors (Lipinski definition) is 4. The number of carbonyl (C=O) groups is 1. The van der Waals surface area contributed by atoms with Crippen molar-refractivity contribution < 1.29 is 17.9 Å². The molecule has 0 fully saturated rings. The maximum atomic E-state index is 13.5. The molecular weight excluding hydrogens is 424 g/mol. The molecule has 0 radical (unpaired) electrons. The van der Waals surface area contributed by atoms with Gasteiger partial charge in [-0.25, -0.2) is 8.42 Å². The number of rotatable bonds is 10. The zero-order valence-corrected chi connectivity index (χ0v) is 19.1. The van der Waals surface area contributed by atoms with Gasteiger partial charge in [0.2, 0.25) is 0 Å². The van der Waals surface area contributed by atoms with Gasteiger partial charge in [0.15, 0.2) is 6.61 Å². The molecule has 0 aromatic heterocycles. The molecule has 3 rings (SSSR count). The molecular formula is C25H28N2O4S. The molecule has 0 aliphatic heterocycles. The smallest absolute Gasteiger partial charge is 0.264 e. The largest absolute Gasteiger partial charge is 0.484 e. The van der Waals surface area contributed by atoms with E-state index < -0.39 is 10.0 Å². The molecule has 1 amide bonds. The minimum Gasteiger partial charge on any atom is -0.484 e. The van der Waals surface area contributed by atoms with Crippen molar-refractivity contribution in [1.29, 1.82) is 0 Å². The van der Waals surface area contributed by atoms with E-state index in [1.807, 2.05) is 44.2 Å².